The summed E-state index contributed by atoms with van der Waals surface area (Å²) in [5.41, 5.74) is 1.15. The van der Waals surface area contributed by atoms with Crippen LogP contribution in [0.2, 0.25) is 5.02 Å². The minimum atomic E-state index is -0.0330. The molecule has 2 aromatic rings. The van der Waals surface area contributed by atoms with Crippen molar-refractivity contribution in [3.05, 3.63) is 52.9 Å². The van der Waals surface area contributed by atoms with Crippen LogP contribution in [0.1, 0.15) is 22.5 Å². The fourth-order valence-electron chi connectivity index (χ4n) is 2.95. The number of nitrogens with zero attached hydrogens (tertiary/aromatic N) is 2. The molecule has 5 nitrogen and oxygen atoms in total. The van der Waals surface area contributed by atoms with Gasteiger partial charge in [0, 0.05) is 32.7 Å². The Labute approximate surface area is 146 Å². The van der Waals surface area contributed by atoms with Crippen molar-refractivity contribution in [1.82, 2.24) is 9.80 Å². The van der Waals surface area contributed by atoms with Crippen molar-refractivity contribution in [3.8, 4) is 5.75 Å². The Bertz CT molecular complexity index is 688. The number of furan rings is 1. The summed E-state index contributed by atoms with van der Waals surface area (Å²) in [5, 5.41) is 0.624. The molecular weight excluding hydrogens is 328 g/mol. The van der Waals surface area contributed by atoms with Gasteiger partial charge in [0.15, 0.2) is 5.76 Å². The van der Waals surface area contributed by atoms with Crippen LogP contribution in [0.4, 0.5) is 0 Å². The molecule has 6 heteroatoms. The largest absolute Gasteiger partial charge is 0.495 e. The molecule has 2 heterocycles. The molecule has 0 radical (unpaired) electrons. The third-order valence-electron chi connectivity index (χ3n) is 4.23. The van der Waals surface area contributed by atoms with E-state index in [4.69, 9.17) is 20.8 Å². The number of ether oxygens (including phenoxy) is 1. The van der Waals surface area contributed by atoms with Crippen LogP contribution in [-0.4, -0.2) is 49.0 Å². The van der Waals surface area contributed by atoms with Crippen molar-refractivity contribution in [3.63, 3.8) is 0 Å². The topological polar surface area (TPSA) is 45.9 Å². The van der Waals surface area contributed by atoms with Gasteiger partial charge in [-0.25, -0.2) is 0 Å². The van der Waals surface area contributed by atoms with Gasteiger partial charge in [-0.15, -0.1) is 0 Å². The maximum absolute atomic E-state index is 12.4. The molecule has 1 amide bonds. The van der Waals surface area contributed by atoms with Gasteiger partial charge >= 0.3 is 0 Å². The fraction of sp³-hybridized carbons (Fsp3) is 0.389. The zero-order valence-electron chi connectivity index (χ0n) is 13.7. The smallest absolute Gasteiger partial charge is 0.289 e. The lowest BCUT2D eigenvalue weighted by atomic mass is 10.2. The molecule has 0 N–H and O–H groups in total. The molecule has 1 aliphatic heterocycles. The number of hydrogen-bond donors (Lipinski definition) is 0. The maximum Gasteiger partial charge on any atom is 0.289 e. The predicted molar refractivity (Wildman–Crippen MR) is 92.5 cm³/mol. The second-order valence-electron chi connectivity index (χ2n) is 5.87. The first-order valence-electron chi connectivity index (χ1n) is 8.05. The number of rotatable bonds is 4. The van der Waals surface area contributed by atoms with Gasteiger partial charge in [0.25, 0.3) is 5.91 Å². The van der Waals surface area contributed by atoms with E-state index in [-0.39, 0.29) is 5.91 Å². The summed E-state index contributed by atoms with van der Waals surface area (Å²) in [7, 11) is 1.61. The van der Waals surface area contributed by atoms with Crippen LogP contribution in [0.15, 0.2) is 41.0 Å². The van der Waals surface area contributed by atoms with E-state index in [9.17, 15) is 4.79 Å². The molecular formula is C18H21ClN2O3. The third-order valence-corrected chi connectivity index (χ3v) is 4.53. The zero-order valence-corrected chi connectivity index (χ0v) is 14.5. The van der Waals surface area contributed by atoms with Crippen molar-refractivity contribution in [1.29, 1.82) is 0 Å². The Morgan fingerprint density at radius 3 is 2.83 bits per heavy atom. The van der Waals surface area contributed by atoms with Gasteiger partial charge in [0.1, 0.15) is 5.75 Å². The molecule has 0 saturated carbocycles. The van der Waals surface area contributed by atoms with Gasteiger partial charge in [-0.2, -0.15) is 0 Å². The highest BCUT2D eigenvalue weighted by molar-refractivity contribution is 6.32. The van der Waals surface area contributed by atoms with E-state index in [2.05, 4.69) is 4.90 Å². The van der Waals surface area contributed by atoms with Gasteiger partial charge in [-0.3, -0.25) is 9.69 Å². The molecule has 0 bridgehead atoms. The second kappa shape index (κ2) is 7.73. The van der Waals surface area contributed by atoms with Gasteiger partial charge in [0.2, 0.25) is 0 Å². The number of hydrogen-bond acceptors (Lipinski definition) is 4. The summed E-state index contributed by atoms with van der Waals surface area (Å²) in [6, 6.07) is 9.32. The van der Waals surface area contributed by atoms with E-state index in [1.165, 1.54) is 6.26 Å². The van der Waals surface area contributed by atoms with Gasteiger partial charge in [-0.05, 0) is 36.2 Å². The molecule has 1 saturated heterocycles. The highest BCUT2D eigenvalue weighted by atomic mass is 35.5. The quantitative estimate of drug-likeness (QED) is 0.850. The summed E-state index contributed by atoms with van der Waals surface area (Å²) in [4.78, 5) is 16.6. The normalized spacial score (nSPS) is 16.0. The van der Waals surface area contributed by atoms with Gasteiger partial charge in [0.05, 0.1) is 18.4 Å². The highest BCUT2D eigenvalue weighted by Crippen LogP contribution is 2.25. The Balaban J connectivity index is 1.59. The molecule has 3 rings (SSSR count). The standard InChI is InChI=1S/C18H21ClN2O3/c1-23-16-6-5-14(12-15(16)19)13-20-7-3-8-21(10-9-20)18(22)17-4-2-11-24-17/h2,4-6,11-12H,3,7-10,13H2,1H3. The summed E-state index contributed by atoms with van der Waals surface area (Å²) in [5.74, 6) is 1.06. The number of benzene rings is 1. The highest BCUT2D eigenvalue weighted by Gasteiger charge is 2.22. The van der Waals surface area contributed by atoms with Crippen LogP contribution < -0.4 is 4.74 Å². The molecule has 0 aliphatic carbocycles. The molecule has 0 unspecified atom stereocenters. The first-order chi connectivity index (χ1) is 11.7. The van der Waals surface area contributed by atoms with Crippen LogP contribution >= 0.6 is 11.6 Å². The minimum absolute atomic E-state index is 0.0330. The lowest BCUT2D eigenvalue weighted by molar-refractivity contribution is 0.0729. The summed E-state index contributed by atoms with van der Waals surface area (Å²) >= 11 is 6.19. The van der Waals surface area contributed by atoms with E-state index < -0.39 is 0 Å². The lowest BCUT2D eigenvalue weighted by Crippen LogP contribution is -2.34. The number of methoxy groups -OCH3 is 1. The third kappa shape index (κ3) is 3.91. The number of carbonyl (C=O) groups excluding carboxylic acids is 1. The lowest BCUT2D eigenvalue weighted by Gasteiger charge is -2.21. The Morgan fingerprint density at radius 2 is 2.12 bits per heavy atom. The molecule has 1 aromatic heterocycles. The van der Waals surface area contributed by atoms with Crippen LogP contribution in [-0.2, 0) is 6.54 Å². The van der Waals surface area contributed by atoms with E-state index >= 15 is 0 Å². The van der Waals surface area contributed by atoms with Crippen molar-refractivity contribution in [2.75, 3.05) is 33.3 Å². The van der Waals surface area contributed by atoms with Crippen molar-refractivity contribution in [2.24, 2.45) is 0 Å². The Morgan fingerprint density at radius 1 is 1.25 bits per heavy atom. The van der Waals surface area contributed by atoms with E-state index in [0.29, 0.717) is 23.1 Å². The van der Waals surface area contributed by atoms with Crippen molar-refractivity contribution in [2.45, 2.75) is 13.0 Å². The summed E-state index contributed by atoms with van der Waals surface area (Å²) in [6.07, 6.45) is 2.47. The van der Waals surface area contributed by atoms with Crippen LogP contribution in [0.25, 0.3) is 0 Å². The number of amides is 1. The minimum Gasteiger partial charge on any atom is -0.495 e. The molecule has 0 spiro atoms. The van der Waals surface area contributed by atoms with Gasteiger partial charge < -0.3 is 14.1 Å². The van der Waals surface area contributed by atoms with Crippen molar-refractivity contribution < 1.29 is 13.9 Å². The SMILES string of the molecule is COc1ccc(CN2CCCN(C(=O)c3ccco3)CC2)cc1Cl. The molecule has 1 fully saturated rings. The summed E-state index contributed by atoms with van der Waals surface area (Å²) in [6.45, 7) is 4.04. The van der Waals surface area contributed by atoms with Crippen molar-refractivity contribution >= 4 is 17.5 Å². The molecule has 128 valence electrons. The average Bonchev–Trinajstić information content (AvgIpc) is 3.02. The van der Waals surface area contributed by atoms with Crippen LogP contribution in [0.5, 0.6) is 5.75 Å². The Kier molecular flexibility index (Phi) is 5.43. The predicted octanol–water partition coefficient (Wildman–Crippen LogP) is 3.29. The van der Waals surface area contributed by atoms with E-state index in [1.807, 2.05) is 23.1 Å². The zero-order chi connectivity index (χ0) is 16.9. The molecule has 1 aromatic carbocycles. The average molecular weight is 349 g/mol. The van der Waals surface area contributed by atoms with Crippen LogP contribution in [0, 0.1) is 0 Å². The van der Waals surface area contributed by atoms with Crippen LogP contribution in [0.3, 0.4) is 0 Å². The first kappa shape index (κ1) is 16.9. The van der Waals surface area contributed by atoms with E-state index in [1.54, 1.807) is 19.2 Å². The van der Waals surface area contributed by atoms with E-state index in [0.717, 1.165) is 38.2 Å². The monoisotopic (exact) mass is 348 g/mol. The first-order valence-corrected chi connectivity index (χ1v) is 8.42. The molecule has 1 aliphatic rings. The number of halogens is 1. The molecule has 24 heavy (non-hydrogen) atoms. The fourth-order valence-corrected chi connectivity index (χ4v) is 3.23. The molecule has 0 atom stereocenters. The maximum atomic E-state index is 12.4. The number of carbonyl (C=O) groups is 1. The second-order valence-corrected chi connectivity index (χ2v) is 6.28. The summed E-state index contributed by atoms with van der Waals surface area (Å²) < 4.78 is 10.4. The Hall–Kier alpha value is -1.98. The van der Waals surface area contributed by atoms with Gasteiger partial charge in [-0.1, -0.05) is 17.7 Å².